The molecule has 0 radical (unpaired) electrons. The van der Waals surface area contributed by atoms with E-state index >= 15 is 0 Å². The van der Waals surface area contributed by atoms with E-state index in [-0.39, 0.29) is 5.75 Å². The smallest absolute Gasteiger partial charge is 0.512 e. The Labute approximate surface area is 85.3 Å². The average molecular weight is 235 g/mol. The molecule has 4 N–H and O–H groups in total. The molecule has 0 unspecified atom stereocenters. The van der Waals surface area contributed by atoms with E-state index in [0.717, 1.165) is 12.1 Å². The van der Waals surface area contributed by atoms with E-state index in [1.165, 1.54) is 0 Å². The number of halogens is 1. The second kappa shape index (κ2) is 4.15. The van der Waals surface area contributed by atoms with Crippen LogP contribution in [-0.4, -0.2) is 25.8 Å². The Morgan fingerprint density at radius 2 is 2.00 bits per heavy atom. The number of hydrogen-bond acceptors (Lipinski definition) is 5. The predicted molar refractivity (Wildman–Crippen MR) is 48.6 cm³/mol. The van der Waals surface area contributed by atoms with Gasteiger partial charge in [-0.1, -0.05) is 0 Å². The molecular formula is C6H7BFNO5S. The molecule has 0 atom stereocenters. The van der Waals surface area contributed by atoms with Crippen LogP contribution in [0.2, 0.25) is 0 Å². The van der Waals surface area contributed by atoms with Crippen molar-refractivity contribution in [3.63, 3.8) is 0 Å². The van der Waals surface area contributed by atoms with Crippen LogP contribution in [-0.2, 0) is 10.0 Å². The van der Waals surface area contributed by atoms with Crippen LogP contribution in [0.15, 0.2) is 23.1 Å². The van der Waals surface area contributed by atoms with Crippen molar-refractivity contribution >= 4 is 17.3 Å². The third-order valence-corrected chi connectivity index (χ3v) is 2.40. The van der Waals surface area contributed by atoms with E-state index in [1.807, 2.05) is 0 Å². The van der Waals surface area contributed by atoms with Gasteiger partial charge in [0.2, 0.25) is 10.0 Å². The standard InChI is InChI=1S/C6H7BFNO5S/c8-5-3-4(14-7(10)11)1-2-6(5)15(9,12)13/h1-3,10-11H,(H2,9,12,13). The molecule has 0 heterocycles. The van der Waals surface area contributed by atoms with E-state index in [1.54, 1.807) is 0 Å². The molecule has 0 aromatic heterocycles. The lowest BCUT2D eigenvalue weighted by Crippen LogP contribution is -2.21. The minimum absolute atomic E-state index is 0.227. The van der Waals surface area contributed by atoms with Gasteiger partial charge < -0.3 is 14.7 Å². The van der Waals surface area contributed by atoms with Crippen LogP contribution in [0.4, 0.5) is 4.39 Å². The molecule has 0 saturated heterocycles. The molecule has 9 heteroatoms. The number of hydrogen-bond donors (Lipinski definition) is 3. The summed E-state index contributed by atoms with van der Waals surface area (Å²) >= 11 is 0. The third-order valence-electron chi connectivity index (χ3n) is 1.45. The van der Waals surface area contributed by atoms with Crippen LogP contribution in [0.25, 0.3) is 0 Å². The second-order valence-corrected chi connectivity index (χ2v) is 4.11. The molecular weight excluding hydrogens is 228 g/mol. The van der Waals surface area contributed by atoms with Crippen molar-refractivity contribution in [3.8, 4) is 5.75 Å². The van der Waals surface area contributed by atoms with Crippen molar-refractivity contribution in [1.29, 1.82) is 0 Å². The molecule has 0 amide bonds. The number of nitrogens with two attached hydrogens (primary N) is 1. The predicted octanol–water partition coefficient (Wildman–Crippen LogP) is -1.18. The fourth-order valence-corrected chi connectivity index (χ4v) is 1.50. The molecule has 1 rings (SSSR count). The first kappa shape index (κ1) is 11.9. The van der Waals surface area contributed by atoms with Gasteiger partial charge in [0.1, 0.15) is 16.5 Å². The van der Waals surface area contributed by atoms with Crippen molar-refractivity contribution in [3.05, 3.63) is 24.0 Å². The molecule has 82 valence electrons. The minimum Gasteiger partial charge on any atom is -0.512 e. The molecule has 0 aliphatic rings. The van der Waals surface area contributed by atoms with Crippen LogP contribution >= 0.6 is 0 Å². The highest BCUT2D eigenvalue weighted by Gasteiger charge is 2.17. The first-order chi connectivity index (χ1) is 6.80. The lowest BCUT2D eigenvalue weighted by molar-refractivity contribution is 0.287. The normalized spacial score (nSPS) is 11.2. The molecule has 0 saturated carbocycles. The topological polar surface area (TPSA) is 110 Å². The second-order valence-electron chi connectivity index (χ2n) is 2.58. The number of benzene rings is 1. The summed E-state index contributed by atoms with van der Waals surface area (Å²) in [4.78, 5) is -0.692. The van der Waals surface area contributed by atoms with Crippen LogP contribution in [0.3, 0.4) is 0 Å². The summed E-state index contributed by atoms with van der Waals surface area (Å²) in [6.07, 6.45) is 0. The van der Waals surface area contributed by atoms with Gasteiger partial charge in [0, 0.05) is 6.07 Å². The zero-order chi connectivity index (χ0) is 11.6. The molecule has 0 aliphatic carbocycles. The van der Waals surface area contributed by atoms with Crippen molar-refractivity contribution < 1.29 is 27.5 Å². The van der Waals surface area contributed by atoms with Crippen LogP contribution < -0.4 is 9.79 Å². The van der Waals surface area contributed by atoms with E-state index < -0.39 is 28.1 Å². The maximum absolute atomic E-state index is 13.1. The van der Waals surface area contributed by atoms with Gasteiger partial charge in [0.15, 0.2) is 0 Å². The van der Waals surface area contributed by atoms with Gasteiger partial charge in [-0.2, -0.15) is 0 Å². The SMILES string of the molecule is NS(=O)(=O)c1ccc(OB(O)O)cc1F. The van der Waals surface area contributed by atoms with E-state index in [9.17, 15) is 12.8 Å². The first-order valence-corrected chi connectivity index (χ1v) is 5.20. The molecule has 1 aromatic rings. The van der Waals surface area contributed by atoms with Crippen molar-refractivity contribution in [2.24, 2.45) is 5.14 Å². The highest BCUT2D eigenvalue weighted by molar-refractivity contribution is 7.89. The van der Waals surface area contributed by atoms with Crippen LogP contribution in [0, 0.1) is 5.82 Å². The van der Waals surface area contributed by atoms with Gasteiger partial charge in [-0.25, -0.2) is 17.9 Å². The summed E-state index contributed by atoms with van der Waals surface area (Å²) in [5.74, 6) is -1.36. The maximum Gasteiger partial charge on any atom is 0.707 e. The van der Waals surface area contributed by atoms with Gasteiger partial charge in [-0.05, 0) is 12.1 Å². The molecule has 0 bridgehead atoms. The molecule has 0 aliphatic heterocycles. The van der Waals surface area contributed by atoms with E-state index in [4.69, 9.17) is 15.2 Å². The molecule has 15 heavy (non-hydrogen) atoms. The molecule has 0 spiro atoms. The van der Waals surface area contributed by atoms with Gasteiger partial charge in [-0.3, -0.25) is 0 Å². The van der Waals surface area contributed by atoms with Gasteiger partial charge in [0.05, 0.1) is 0 Å². The lowest BCUT2D eigenvalue weighted by atomic mass is 10.2. The maximum atomic E-state index is 13.1. The lowest BCUT2D eigenvalue weighted by Gasteiger charge is -2.06. The Morgan fingerprint density at radius 1 is 1.40 bits per heavy atom. The molecule has 0 fully saturated rings. The largest absolute Gasteiger partial charge is 0.707 e. The average Bonchev–Trinajstić information content (AvgIpc) is 1.99. The Hall–Kier alpha value is -1.16. The van der Waals surface area contributed by atoms with Gasteiger partial charge in [-0.15, -0.1) is 0 Å². The Bertz CT molecular complexity index is 463. The number of rotatable bonds is 3. The fraction of sp³-hybridized carbons (Fsp3) is 0. The fourth-order valence-electron chi connectivity index (χ4n) is 0.907. The highest BCUT2D eigenvalue weighted by Crippen LogP contribution is 2.19. The van der Waals surface area contributed by atoms with E-state index in [0.29, 0.717) is 6.07 Å². The van der Waals surface area contributed by atoms with Gasteiger partial charge in [0.25, 0.3) is 0 Å². The molecule has 1 aromatic carbocycles. The number of primary sulfonamides is 1. The van der Waals surface area contributed by atoms with E-state index in [2.05, 4.69) is 4.65 Å². The minimum atomic E-state index is -4.13. The highest BCUT2D eigenvalue weighted by atomic mass is 32.2. The summed E-state index contributed by atoms with van der Waals surface area (Å²) in [7, 11) is -6.24. The molecule has 6 nitrogen and oxygen atoms in total. The monoisotopic (exact) mass is 235 g/mol. The summed E-state index contributed by atoms with van der Waals surface area (Å²) in [5.41, 5.74) is 0. The zero-order valence-corrected chi connectivity index (χ0v) is 8.11. The number of sulfonamides is 1. The van der Waals surface area contributed by atoms with Crippen LogP contribution in [0.5, 0.6) is 5.75 Å². The summed E-state index contributed by atoms with van der Waals surface area (Å²) in [6.45, 7) is 0. The van der Waals surface area contributed by atoms with Crippen LogP contribution in [0.1, 0.15) is 0 Å². The summed E-state index contributed by atoms with van der Waals surface area (Å²) in [6, 6.07) is 2.59. The Morgan fingerprint density at radius 3 is 2.40 bits per heavy atom. The van der Waals surface area contributed by atoms with Crippen molar-refractivity contribution in [1.82, 2.24) is 0 Å². The zero-order valence-electron chi connectivity index (χ0n) is 7.29. The first-order valence-electron chi connectivity index (χ1n) is 3.66. The Balaban J connectivity index is 3.09. The third kappa shape index (κ3) is 3.17. The van der Waals surface area contributed by atoms with Crippen molar-refractivity contribution in [2.45, 2.75) is 4.90 Å². The summed E-state index contributed by atoms with van der Waals surface area (Å²) in [5, 5.41) is 21.5. The summed E-state index contributed by atoms with van der Waals surface area (Å²) < 4.78 is 39.0. The van der Waals surface area contributed by atoms with Crippen molar-refractivity contribution in [2.75, 3.05) is 0 Å². The quantitative estimate of drug-likeness (QED) is 0.571. The Kier molecular flexibility index (Phi) is 3.30. The van der Waals surface area contributed by atoms with Gasteiger partial charge >= 0.3 is 7.32 Å².